The van der Waals surface area contributed by atoms with Crippen molar-refractivity contribution in [2.24, 2.45) is 0 Å². The lowest BCUT2D eigenvalue weighted by atomic mass is 10.0. The second kappa shape index (κ2) is 9.38. The molecule has 0 atom stereocenters. The van der Waals surface area contributed by atoms with E-state index in [2.05, 4.69) is 95.2 Å². The third-order valence-electron chi connectivity index (χ3n) is 6.86. The third-order valence-corrected chi connectivity index (χ3v) is 10.0. The van der Waals surface area contributed by atoms with Gasteiger partial charge in [-0.1, -0.05) is 66.4 Å². The largest absolute Gasteiger partial charge is 0.306 e. The summed E-state index contributed by atoms with van der Waals surface area (Å²) in [7, 11) is -3.29. The van der Waals surface area contributed by atoms with Crippen LogP contribution in [0.3, 0.4) is 0 Å². The number of benzene rings is 4. The highest BCUT2D eigenvalue weighted by atomic mass is 32.2. The van der Waals surface area contributed by atoms with Crippen LogP contribution >= 0.6 is 23.1 Å². The molecule has 0 saturated carbocycles. The summed E-state index contributed by atoms with van der Waals surface area (Å²) in [6, 6.07) is 36.6. The summed E-state index contributed by atoms with van der Waals surface area (Å²) in [5.41, 5.74) is 6.90. The van der Waals surface area contributed by atoms with Gasteiger partial charge in [-0.25, -0.2) is 13.4 Å². The Hall–Kier alpha value is -3.91. The zero-order valence-electron chi connectivity index (χ0n) is 20.9. The standard InChI is InChI=1S/C32H22N2O2S3/c1-39(35,36)22-17-15-21(16-18-22)25-20-24(29-14-7-19-37-29)23-8-6-11-28(32(23)33-25)34-26-9-2-4-12-30(26)38-31-13-5-3-10-27(31)34/h2-20H,1H3. The van der Waals surface area contributed by atoms with Gasteiger partial charge in [-0.05, 0) is 60.0 Å². The van der Waals surface area contributed by atoms with E-state index in [-0.39, 0.29) is 0 Å². The number of para-hydroxylation sites is 3. The number of nitrogens with zero attached hydrogens (tertiary/aromatic N) is 2. The summed E-state index contributed by atoms with van der Waals surface area (Å²) >= 11 is 3.48. The second-order valence-corrected chi connectivity index (χ2v) is 13.4. The normalized spacial score (nSPS) is 12.8. The van der Waals surface area contributed by atoms with Crippen molar-refractivity contribution >= 4 is 60.9 Å². The molecule has 0 fully saturated rings. The monoisotopic (exact) mass is 562 g/mol. The molecule has 7 rings (SSSR count). The maximum Gasteiger partial charge on any atom is 0.175 e. The number of hydrogen-bond donors (Lipinski definition) is 0. The molecule has 190 valence electrons. The molecule has 0 saturated heterocycles. The number of thiophene rings is 1. The van der Waals surface area contributed by atoms with Crippen LogP contribution in [0.5, 0.6) is 0 Å². The van der Waals surface area contributed by atoms with E-state index in [4.69, 9.17) is 4.98 Å². The van der Waals surface area contributed by atoms with Crippen LogP contribution in [0.15, 0.2) is 129 Å². The van der Waals surface area contributed by atoms with Crippen molar-refractivity contribution in [2.45, 2.75) is 14.7 Å². The van der Waals surface area contributed by atoms with E-state index in [1.54, 1.807) is 35.2 Å². The van der Waals surface area contributed by atoms with Crippen molar-refractivity contribution in [1.29, 1.82) is 0 Å². The molecule has 0 N–H and O–H groups in total. The predicted molar refractivity (Wildman–Crippen MR) is 162 cm³/mol. The Morgan fingerprint density at radius 3 is 2.03 bits per heavy atom. The van der Waals surface area contributed by atoms with Gasteiger partial charge in [0.1, 0.15) is 0 Å². The van der Waals surface area contributed by atoms with Gasteiger partial charge in [0.2, 0.25) is 0 Å². The van der Waals surface area contributed by atoms with Crippen LogP contribution in [0.2, 0.25) is 0 Å². The van der Waals surface area contributed by atoms with E-state index in [0.717, 1.165) is 49.7 Å². The number of aromatic nitrogens is 1. The summed E-state index contributed by atoms with van der Waals surface area (Å²) < 4.78 is 24.1. The van der Waals surface area contributed by atoms with E-state index >= 15 is 0 Å². The highest BCUT2D eigenvalue weighted by Crippen LogP contribution is 2.52. The topological polar surface area (TPSA) is 50.3 Å². The van der Waals surface area contributed by atoms with E-state index in [9.17, 15) is 8.42 Å². The molecule has 7 heteroatoms. The molecule has 2 aromatic heterocycles. The van der Waals surface area contributed by atoms with Gasteiger partial charge in [-0.3, -0.25) is 0 Å². The third kappa shape index (κ3) is 4.23. The van der Waals surface area contributed by atoms with Crippen molar-refractivity contribution < 1.29 is 8.42 Å². The van der Waals surface area contributed by atoms with E-state index < -0.39 is 9.84 Å². The maximum absolute atomic E-state index is 12.1. The molecule has 0 aliphatic carbocycles. The Morgan fingerprint density at radius 1 is 0.718 bits per heavy atom. The molecule has 0 spiro atoms. The first-order valence-corrected chi connectivity index (χ1v) is 16.0. The molecule has 1 aliphatic heterocycles. The predicted octanol–water partition coefficient (Wildman–Crippen LogP) is 8.97. The van der Waals surface area contributed by atoms with E-state index in [1.807, 2.05) is 12.1 Å². The minimum absolute atomic E-state index is 0.297. The van der Waals surface area contributed by atoms with Crippen LogP contribution in [0.4, 0.5) is 17.1 Å². The Morgan fingerprint density at radius 2 is 1.38 bits per heavy atom. The van der Waals surface area contributed by atoms with Crippen molar-refractivity contribution in [1.82, 2.24) is 4.98 Å². The average molecular weight is 563 g/mol. The first kappa shape index (κ1) is 24.2. The van der Waals surface area contributed by atoms with Gasteiger partial charge in [0.25, 0.3) is 0 Å². The van der Waals surface area contributed by atoms with Crippen molar-refractivity contribution in [3.05, 3.63) is 115 Å². The highest BCUT2D eigenvalue weighted by Gasteiger charge is 2.26. The molecular weight excluding hydrogens is 541 g/mol. The first-order chi connectivity index (χ1) is 19.0. The van der Waals surface area contributed by atoms with Crippen molar-refractivity contribution in [2.75, 3.05) is 11.2 Å². The second-order valence-electron chi connectivity index (χ2n) is 9.38. The van der Waals surface area contributed by atoms with Crippen LogP contribution in [-0.4, -0.2) is 19.7 Å². The summed E-state index contributed by atoms with van der Waals surface area (Å²) in [6.07, 6.45) is 1.23. The SMILES string of the molecule is CS(=O)(=O)c1ccc(-c2cc(-c3cccs3)c3cccc(N4c5ccccc5Sc5ccccc54)c3n2)cc1. The van der Waals surface area contributed by atoms with Crippen molar-refractivity contribution in [3.8, 4) is 21.7 Å². The Labute approximate surface area is 235 Å². The summed E-state index contributed by atoms with van der Waals surface area (Å²) in [4.78, 5) is 11.4. The smallest absolute Gasteiger partial charge is 0.175 e. The van der Waals surface area contributed by atoms with E-state index in [0.29, 0.717) is 4.90 Å². The molecule has 39 heavy (non-hydrogen) atoms. The quantitative estimate of drug-likeness (QED) is 0.214. The Kier molecular flexibility index (Phi) is 5.81. The molecule has 0 amide bonds. The molecule has 0 bridgehead atoms. The van der Waals surface area contributed by atoms with Crippen LogP contribution in [0, 0.1) is 0 Å². The molecule has 1 aliphatic rings. The molecule has 4 aromatic carbocycles. The summed E-state index contributed by atoms with van der Waals surface area (Å²) in [6.45, 7) is 0. The Bertz CT molecular complexity index is 1920. The fraction of sp³-hybridized carbons (Fsp3) is 0.0312. The van der Waals surface area contributed by atoms with Gasteiger partial charge in [0.05, 0.1) is 33.2 Å². The molecule has 0 radical (unpaired) electrons. The van der Waals surface area contributed by atoms with Gasteiger partial charge in [0.15, 0.2) is 9.84 Å². The fourth-order valence-electron chi connectivity index (χ4n) is 5.03. The molecule has 6 aromatic rings. The van der Waals surface area contributed by atoms with Crippen LogP contribution in [0.1, 0.15) is 0 Å². The van der Waals surface area contributed by atoms with E-state index in [1.165, 1.54) is 16.0 Å². The minimum Gasteiger partial charge on any atom is -0.306 e. The van der Waals surface area contributed by atoms with Gasteiger partial charge in [0, 0.05) is 37.4 Å². The number of fused-ring (bicyclic) bond motifs is 3. The average Bonchev–Trinajstić information content (AvgIpc) is 3.50. The molecule has 0 unspecified atom stereocenters. The highest BCUT2D eigenvalue weighted by molar-refractivity contribution is 7.99. The van der Waals surface area contributed by atoms with Gasteiger partial charge < -0.3 is 4.90 Å². The van der Waals surface area contributed by atoms with Gasteiger partial charge in [-0.15, -0.1) is 11.3 Å². The molecule has 4 nitrogen and oxygen atoms in total. The summed E-state index contributed by atoms with van der Waals surface area (Å²) in [5.74, 6) is 0. The number of rotatable bonds is 4. The minimum atomic E-state index is -3.29. The van der Waals surface area contributed by atoms with Crippen LogP contribution in [-0.2, 0) is 9.84 Å². The number of anilines is 3. The lowest BCUT2D eigenvalue weighted by Crippen LogP contribution is -2.15. The van der Waals surface area contributed by atoms with Crippen LogP contribution < -0.4 is 4.90 Å². The van der Waals surface area contributed by atoms with Gasteiger partial charge in [-0.2, -0.15) is 0 Å². The van der Waals surface area contributed by atoms with Crippen molar-refractivity contribution in [3.63, 3.8) is 0 Å². The zero-order chi connectivity index (χ0) is 26.6. The number of pyridine rings is 1. The maximum atomic E-state index is 12.1. The number of hydrogen-bond acceptors (Lipinski definition) is 6. The number of sulfone groups is 1. The molecular formula is C32H22N2O2S3. The first-order valence-electron chi connectivity index (χ1n) is 12.4. The summed E-state index contributed by atoms with van der Waals surface area (Å²) in [5, 5.41) is 3.15. The lowest BCUT2D eigenvalue weighted by Gasteiger charge is -2.33. The lowest BCUT2D eigenvalue weighted by molar-refractivity contribution is 0.602. The van der Waals surface area contributed by atoms with Crippen LogP contribution in [0.25, 0.3) is 32.6 Å². The van der Waals surface area contributed by atoms with Gasteiger partial charge >= 0.3 is 0 Å². The molecule has 3 heterocycles. The zero-order valence-corrected chi connectivity index (χ0v) is 23.4. The Balaban J connectivity index is 1.51. The fourth-order valence-corrected chi connectivity index (χ4v) is 7.48.